The van der Waals surface area contributed by atoms with Crippen LogP contribution in [0.25, 0.3) is 0 Å². The molecular formula is C12H17NO. The molecule has 2 N–H and O–H groups in total. The van der Waals surface area contributed by atoms with E-state index in [1.165, 1.54) is 0 Å². The molecule has 0 saturated carbocycles. The highest BCUT2D eigenvalue weighted by atomic mass is 16.5. The van der Waals surface area contributed by atoms with Crippen LogP contribution in [0.4, 0.5) is 0 Å². The molecule has 0 aliphatic heterocycles. The normalized spacial score (nSPS) is 12.2. The van der Waals surface area contributed by atoms with Gasteiger partial charge in [-0.05, 0) is 30.5 Å². The number of aryl methyl sites for hydroxylation is 1. The van der Waals surface area contributed by atoms with Gasteiger partial charge in [-0.15, -0.1) is 6.58 Å². The molecule has 0 radical (unpaired) electrons. The highest BCUT2D eigenvalue weighted by Crippen LogP contribution is 2.22. The minimum atomic E-state index is 0.0390. The van der Waals surface area contributed by atoms with Crippen LogP contribution in [-0.2, 0) is 0 Å². The van der Waals surface area contributed by atoms with Gasteiger partial charge in [-0.1, -0.05) is 18.2 Å². The first-order valence-corrected chi connectivity index (χ1v) is 4.70. The highest BCUT2D eigenvalue weighted by molar-refractivity contribution is 5.37. The summed E-state index contributed by atoms with van der Waals surface area (Å²) in [6.07, 6.45) is 2.63. The molecule has 0 bridgehead atoms. The van der Waals surface area contributed by atoms with Gasteiger partial charge in [-0.25, -0.2) is 0 Å². The van der Waals surface area contributed by atoms with E-state index in [9.17, 15) is 0 Å². The van der Waals surface area contributed by atoms with Crippen LogP contribution in [0.15, 0.2) is 30.9 Å². The Kier molecular flexibility index (Phi) is 3.72. The Morgan fingerprint density at radius 3 is 2.79 bits per heavy atom. The lowest BCUT2D eigenvalue weighted by atomic mass is 10.0. The maximum atomic E-state index is 5.95. The van der Waals surface area contributed by atoms with Crippen molar-refractivity contribution >= 4 is 0 Å². The lowest BCUT2D eigenvalue weighted by Gasteiger charge is -2.12. The van der Waals surface area contributed by atoms with Gasteiger partial charge in [-0.3, -0.25) is 0 Å². The van der Waals surface area contributed by atoms with Crippen molar-refractivity contribution in [1.29, 1.82) is 0 Å². The summed E-state index contributed by atoms with van der Waals surface area (Å²) in [6, 6.07) is 6.05. The van der Waals surface area contributed by atoms with Crippen molar-refractivity contribution in [3.05, 3.63) is 42.0 Å². The lowest BCUT2D eigenvalue weighted by Crippen LogP contribution is -2.09. The van der Waals surface area contributed by atoms with Crippen molar-refractivity contribution in [3.8, 4) is 5.75 Å². The first kappa shape index (κ1) is 10.8. The van der Waals surface area contributed by atoms with E-state index in [0.717, 1.165) is 23.3 Å². The molecule has 0 aliphatic rings. The number of hydrogen-bond acceptors (Lipinski definition) is 2. The predicted octanol–water partition coefficient (Wildman–Crippen LogP) is 2.58. The molecule has 2 nitrogen and oxygen atoms in total. The second-order valence-electron chi connectivity index (χ2n) is 3.36. The van der Waals surface area contributed by atoms with Gasteiger partial charge in [0.05, 0.1) is 7.11 Å². The zero-order chi connectivity index (χ0) is 10.6. The summed E-state index contributed by atoms with van der Waals surface area (Å²) in [4.78, 5) is 0. The van der Waals surface area contributed by atoms with E-state index in [4.69, 9.17) is 10.5 Å². The summed E-state index contributed by atoms with van der Waals surface area (Å²) in [7, 11) is 1.67. The van der Waals surface area contributed by atoms with Crippen LogP contribution in [0.2, 0.25) is 0 Å². The Labute approximate surface area is 85.4 Å². The zero-order valence-electron chi connectivity index (χ0n) is 8.79. The second-order valence-corrected chi connectivity index (χ2v) is 3.36. The Hall–Kier alpha value is -1.28. The van der Waals surface area contributed by atoms with E-state index in [0.29, 0.717) is 0 Å². The molecule has 0 amide bonds. The molecule has 0 spiro atoms. The van der Waals surface area contributed by atoms with Gasteiger partial charge >= 0.3 is 0 Å². The van der Waals surface area contributed by atoms with Crippen LogP contribution in [0.3, 0.4) is 0 Å². The molecular weight excluding hydrogens is 174 g/mol. The van der Waals surface area contributed by atoms with Crippen LogP contribution in [0.1, 0.15) is 23.6 Å². The van der Waals surface area contributed by atoms with E-state index in [-0.39, 0.29) is 6.04 Å². The fourth-order valence-electron chi connectivity index (χ4n) is 1.45. The largest absolute Gasteiger partial charge is 0.496 e. The number of benzene rings is 1. The quantitative estimate of drug-likeness (QED) is 0.742. The molecule has 1 rings (SSSR count). The van der Waals surface area contributed by atoms with Gasteiger partial charge in [-0.2, -0.15) is 0 Å². The minimum Gasteiger partial charge on any atom is -0.496 e. The van der Waals surface area contributed by atoms with Gasteiger partial charge < -0.3 is 10.5 Å². The topological polar surface area (TPSA) is 35.2 Å². The minimum absolute atomic E-state index is 0.0390. The molecule has 1 atom stereocenters. The molecule has 0 fully saturated rings. The fourth-order valence-corrected chi connectivity index (χ4v) is 1.45. The number of ether oxygens (including phenoxy) is 1. The van der Waals surface area contributed by atoms with Gasteiger partial charge in [0.15, 0.2) is 0 Å². The smallest absolute Gasteiger partial charge is 0.121 e. The monoisotopic (exact) mass is 191 g/mol. The third kappa shape index (κ3) is 2.36. The molecule has 0 saturated heterocycles. The zero-order valence-corrected chi connectivity index (χ0v) is 8.79. The first-order chi connectivity index (χ1) is 6.69. The fraction of sp³-hybridized carbons (Fsp3) is 0.333. The highest BCUT2D eigenvalue weighted by Gasteiger charge is 2.05. The van der Waals surface area contributed by atoms with E-state index in [2.05, 4.69) is 12.6 Å². The van der Waals surface area contributed by atoms with Crippen LogP contribution in [-0.4, -0.2) is 7.11 Å². The summed E-state index contributed by atoms with van der Waals surface area (Å²) in [5.74, 6) is 0.902. The van der Waals surface area contributed by atoms with Crippen molar-refractivity contribution in [3.63, 3.8) is 0 Å². The van der Waals surface area contributed by atoms with Crippen LogP contribution < -0.4 is 10.5 Å². The molecule has 0 aliphatic carbocycles. The summed E-state index contributed by atoms with van der Waals surface area (Å²) in [5, 5.41) is 0. The summed E-state index contributed by atoms with van der Waals surface area (Å²) >= 11 is 0. The van der Waals surface area contributed by atoms with Crippen molar-refractivity contribution < 1.29 is 4.74 Å². The van der Waals surface area contributed by atoms with Crippen LogP contribution in [0, 0.1) is 6.92 Å². The summed E-state index contributed by atoms with van der Waals surface area (Å²) < 4.78 is 5.18. The predicted molar refractivity (Wildman–Crippen MR) is 59.5 cm³/mol. The van der Waals surface area contributed by atoms with Gasteiger partial charge in [0.1, 0.15) is 5.75 Å². The SMILES string of the molecule is C=CC[C@H](N)c1ccc(OC)c(C)c1. The molecule has 0 heterocycles. The summed E-state index contributed by atoms with van der Waals surface area (Å²) in [6.45, 7) is 5.69. The van der Waals surface area contributed by atoms with E-state index in [1.54, 1.807) is 7.11 Å². The van der Waals surface area contributed by atoms with Crippen LogP contribution >= 0.6 is 0 Å². The Bertz CT molecular complexity index is 320. The molecule has 76 valence electrons. The van der Waals surface area contributed by atoms with Crippen molar-refractivity contribution in [2.45, 2.75) is 19.4 Å². The average molecular weight is 191 g/mol. The van der Waals surface area contributed by atoms with Gasteiger partial charge in [0.25, 0.3) is 0 Å². The molecule has 2 heteroatoms. The maximum absolute atomic E-state index is 5.95. The van der Waals surface area contributed by atoms with E-state index in [1.807, 2.05) is 25.1 Å². The Morgan fingerprint density at radius 2 is 2.29 bits per heavy atom. The van der Waals surface area contributed by atoms with Gasteiger partial charge in [0, 0.05) is 6.04 Å². The van der Waals surface area contributed by atoms with Crippen molar-refractivity contribution in [2.24, 2.45) is 5.73 Å². The van der Waals surface area contributed by atoms with E-state index >= 15 is 0 Å². The molecule has 0 unspecified atom stereocenters. The third-order valence-electron chi connectivity index (χ3n) is 2.27. The van der Waals surface area contributed by atoms with Crippen LogP contribution in [0.5, 0.6) is 5.75 Å². The molecule has 0 aromatic heterocycles. The molecule has 1 aromatic carbocycles. The maximum Gasteiger partial charge on any atom is 0.121 e. The standard InChI is InChI=1S/C12H17NO/c1-4-5-11(13)10-6-7-12(14-3)9(2)8-10/h4,6-8,11H,1,5,13H2,2-3H3/t11-/m0/s1. The number of rotatable bonds is 4. The number of methoxy groups -OCH3 is 1. The summed E-state index contributed by atoms with van der Waals surface area (Å²) in [5.41, 5.74) is 8.20. The third-order valence-corrected chi connectivity index (χ3v) is 2.27. The van der Waals surface area contributed by atoms with Gasteiger partial charge in [0.2, 0.25) is 0 Å². The second kappa shape index (κ2) is 4.82. The Balaban J connectivity index is 2.90. The molecule has 14 heavy (non-hydrogen) atoms. The number of nitrogens with two attached hydrogens (primary N) is 1. The van der Waals surface area contributed by atoms with E-state index < -0.39 is 0 Å². The Morgan fingerprint density at radius 1 is 1.57 bits per heavy atom. The number of hydrogen-bond donors (Lipinski definition) is 1. The van der Waals surface area contributed by atoms with Crippen molar-refractivity contribution in [1.82, 2.24) is 0 Å². The lowest BCUT2D eigenvalue weighted by molar-refractivity contribution is 0.411. The first-order valence-electron chi connectivity index (χ1n) is 4.70. The molecule has 1 aromatic rings. The van der Waals surface area contributed by atoms with Crippen molar-refractivity contribution in [2.75, 3.05) is 7.11 Å². The average Bonchev–Trinajstić information content (AvgIpc) is 2.18.